The Morgan fingerprint density at radius 3 is 1.93 bits per heavy atom. The van der Waals surface area contributed by atoms with Crippen molar-refractivity contribution in [2.75, 3.05) is 0 Å². The van der Waals surface area contributed by atoms with Crippen molar-refractivity contribution in [1.29, 1.82) is 0 Å². The quantitative estimate of drug-likeness (QED) is 0.366. The summed E-state index contributed by atoms with van der Waals surface area (Å²) >= 11 is 0. The second-order valence-corrected chi connectivity index (χ2v) is 7.06. The molecule has 0 fully saturated rings. The summed E-state index contributed by atoms with van der Waals surface area (Å²) in [6, 6.07) is 19.5. The van der Waals surface area contributed by atoms with Crippen LogP contribution in [0.3, 0.4) is 0 Å². The van der Waals surface area contributed by atoms with Gasteiger partial charge in [-0.1, -0.05) is 92.6 Å². The van der Waals surface area contributed by atoms with Crippen LogP contribution in [-0.4, -0.2) is 0 Å². The smallest absolute Gasteiger partial charge is 0.167 e. The molecule has 0 heterocycles. The molecule has 0 N–H and O–H groups in total. The summed E-state index contributed by atoms with van der Waals surface area (Å²) in [6.45, 7) is 3.99. The zero-order valence-corrected chi connectivity index (χ0v) is 16.5. The average molecular weight is 376 g/mol. The van der Waals surface area contributed by atoms with Crippen LogP contribution in [0.2, 0.25) is 0 Å². The third-order valence-corrected chi connectivity index (χ3v) is 5.01. The number of benzene rings is 3. The Balaban J connectivity index is 1.79. The lowest BCUT2D eigenvalue weighted by Gasteiger charge is -2.09. The topological polar surface area (TPSA) is 0 Å². The van der Waals surface area contributed by atoms with Crippen molar-refractivity contribution >= 4 is 6.08 Å². The Labute approximate surface area is 166 Å². The first-order valence-corrected chi connectivity index (χ1v) is 9.94. The van der Waals surface area contributed by atoms with Crippen LogP contribution in [-0.2, 0) is 6.42 Å². The molecule has 0 aliphatic carbocycles. The van der Waals surface area contributed by atoms with Gasteiger partial charge in [-0.05, 0) is 42.0 Å². The Morgan fingerprint density at radius 2 is 1.32 bits per heavy atom. The fourth-order valence-corrected chi connectivity index (χ4v) is 3.38. The molecule has 3 rings (SSSR count). The van der Waals surface area contributed by atoms with E-state index in [1.807, 2.05) is 24.3 Å². The molecule has 0 amide bonds. The first-order valence-electron chi connectivity index (χ1n) is 9.94. The van der Waals surface area contributed by atoms with Crippen molar-refractivity contribution in [1.82, 2.24) is 0 Å². The molecule has 0 unspecified atom stereocenters. The van der Waals surface area contributed by atoms with E-state index in [0.717, 1.165) is 17.5 Å². The van der Waals surface area contributed by atoms with E-state index in [2.05, 4.69) is 31.2 Å². The third-order valence-electron chi connectivity index (χ3n) is 5.01. The van der Waals surface area contributed by atoms with E-state index in [1.165, 1.54) is 24.8 Å². The van der Waals surface area contributed by atoms with Crippen molar-refractivity contribution in [2.45, 2.75) is 39.5 Å². The molecule has 0 bridgehead atoms. The van der Waals surface area contributed by atoms with E-state index >= 15 is 0 Å². The number of hydrogen-bond acceptors (Lipinski definition) is 0. The van der Waals surface area contributed by atoms with E-state index in [9.17, 15) is 8.78 Å². The maximum absolute atomic E-state index is 14.5. The molecule has 0 radical (unpaired) electrons. The normalized spacial score (nSPS) is 11.3. The molecule has 2 heteroatoms. The molecule has 3 aromatic carbocycles. The van der Waals surface area contributed by atoms with Gasteiger partial charge in [0.25, 0.3) is 0 Å². The van der Waals surface area contributed by atoms with Gasteiger partial charge in [-0.2, -0.15) is 0 Å². The van der Waals surface area contributed by atoms with Crippen molar-refractivity contribution in [2.24, 2.45) is 0 Å². The fourth-order valence-electron chi connectivity index (χ4n) is 3.38. The summed E-state index contributed by atoms with van der Waals surface area (Å²) in [7, 11) is 0. The highest BCUT2D eigenvalue weighted by molar-refractivity contribution is 5.72. The lowest BCUT2D eigenvalue weighted by atomic mass is 9.97. The molecule has 0 nitrogen and oxygen atoms in total. The number of hydrogen-bond donors (Lipinski definition) is 0. The van der Waals surface area contributed by atoms with Gasteiger partial charge in [-0.25, -0.2) is 8.78 Å². The third kappa shape index (κ3) is 4.56. The van der Waals surface area contributed by atoms with Crippen LogP contribution in [0.5, 0.6) is 0 Å². The van der Waals surface area contributed by atoms with E-state index in [4.69, 9.17) is 0 Å². The predicted octanol–water partition coefficient (Wildman–Crippen LogP) is 8.06. The minimum Gasteiger partial charge on any atom is -0.203 e. The summed E-state index contributed by atoms with van der Waals surface area (Å²) in [6.07, 6.45) is 8.09. The number of halogens is 2. The lowest BCUT2D eigenvalue weighted by molar-refractivity contribution is 0.509. The van der Waals surface area contributed by atoms with Gasteiger partial charge >= 0.3 is 0 Å². The maximum Gasteiger partial charge on any atom is 0.167 e. The van der Waals surface area contributed by atoms with Crippen LogP contribution in [0, 0.1) is 11.6 Å². The zero-order chi connectivity index (χ0) is 19.9. The first-order chi connectivity index (χ1) is 13.6. The molecule has 0 saturated heterocycles. The van der Waals surface area contributed by atoms with Crippen LogP contribution < -0.4 is 0 Å². The second-order valence-electron chi connectivity index (χ2n) is 7.06. The average Bonchev–Trinajstić information content (AvgIpc) is 2.73. The van der Waals surface area contributed by atoms with Crippen molar-refractivity contribution in [3.8, 4) is 22.3 Å². The lowest BCUT2D eigenvalue weighted by Crippen LogP contribution is -1.93. The monoisotopic (exact) mass is 376 g/mol. The van der Waals surface area contributed by atoms with Crippen LogP contribution in [0.1, 0.15) is 44.2 Å². The van der Waals surface area contributed by atoms with Gasteiger partial charge in [-0.3, -0.25) is 0 Å². The molecule has 0 aliphatic rings. The molecule has 0 saturated carbocycles. The van der Waals surface area contributed by atoms with Gasteiger partial charge in [0.15, 0.2) is 11.6 Å². The van der Waals surface area contributed by atoms with E-state index in [-0.39, 0.29) is 11.1 Å². The van der Waals surface area contributed by atoms with Crippen molar-refractivity contribution in [3.63, 3.8) is 0 Å². The summed E-state index contributed by atoms with van der Waals surface area (Å²) in [5, 5.41) is 0. The van der Waals surface area contributed by atoms with Gasteiger partial charge in [-0.15, -0.1) is 0 Å². The SMILES string of the molecule is CC=Cc1ccc(-c2ccc(-c3ccc(CCCCC)cc3)cc2)c(F)c1F. The Bertz CT molecular complexity index is 935. The highest BCUT2D eigenvalue weighted by Crippen LogP contribution is 2.29. The number of aryl methyl sites for hydroxylation is 1. The Kier molecular flexibility index (Phi) is 6.76. The van der Waals surface area contributed by atoms with Crippen LogP contribution in [0.4, 0.5) is 8.78 Å². The van der Waals surface area contributed by atoms with Crippen LogP contribution >= 0.6 is 0 Å². The number of unbranched alkanes of at least 4 members (excludes halogenated alkanes) is 2. The predicted molar refractivity (Wildman–Crippen MR) is 115 cm³/mol. The minimum atomic E-state index is -0.807. The molecule has 3 aromatic rings. The van der Waals surface area contributed by atoms with Gasteiger partial charge in [0.2, 0.25) is 0 Å². The summed E-state index contributed by atoms with van der Waals surface area (Å²) < 4.78 is 28.7. The first kappa shape index (κ1) is 20.0. The second kappa shape index (κ2) is 9.45. The van der Waals surface area contributed by atoms with E-state index < -0.39 is 11.6 Å². The standard InChI is InChI=1S/C26H26F2/c1-3-5-6-8-19-9-11-20(12-10-19)21-13-15-22(16-14-21)24-18-17-23(7-4-2)25(27)26(24)28/h4,7,9-18H,3,5-6,8H2,1-2H3. The zero-order valence-electron chi connectivity index (χ0n) is 16.5. The van der Waals surface area contributed by atoms with Crippen molar-refractivity contribution in [3.05, 3.63) is 89.5 Å². The van der Waals surface area contributed by atoms with Gasteiger partial charge in [0.1, 0.15) is 0 Å². The van der Waals surface area contributed by atoms with Gasteiger partial charge < -0.3 is 0 Å². The highest BCUT2D eigenvalue weighted by atomic mass is 19.2. The molecule has 0 aromatic heterocycles. The minimum absolute atomic E-state index is 0.263. The van der Waals surface area contributed by atoms with Crippen LogP contribution in [0.25, 0.3) is 28.3 Å². The molecule has 28 heavy (non-hydrogen) atoms. The Hall–Kier alpha value is -2.74. The van der Waals surface area contributed by atoms with E-state index in [0.29, 0.717) is 5.56 Å². The molecular weight excluding hydrogens is 350 g/mol. The molecule has 0 atom stereocenters. The summed E-state index contributed by atoms with van der Waals surface area (Å²) in [5.74, 6) is -1.61. The maximum atomic E-state index is 14.5. The number of allylic oxidation sites excluding steroid dienone is 1. The van der Waals surface area contributed by atoms with Crippen molar-refractivity contribution < 1.29 is 8.78 Å². The molecule has 144 valence electrons. The summed E-state index contributed by atoms with van der Waals surface area (Å²) in [4.78, 5) is 0. The Morgan fingerprint density at radius 1 is 0.714 bits per heavy atom. The van der Waals surface area contributed by atoms with E-state index in [1.54, 1.807) is 31.2 Å². The molecule has 0 aliphatic heterocycles. The van der Waals surface area contributed by atoms with Gasteiger partial charge in [0, 0.05) is 11.1 Å². The largest absolute Gasteiger partial charge is 0.203 e. The highest BCUT2D eigenvalue weighted by Gasteiger charge is 2.13. The molecule has 0 spiro atoms. The summed E-state index contributed by atoms with van der Waals surface area (Å²) in [5.41, 5.74) is 4.76. The number of rotatable bonds is 7. The fraction of sp³-hybridized carbons (Fsp3) is 0.231. The van der Waals surface area contributed by atoms with Gasteiger partial charge in [0.05, 0.1) is 0 Å². The van der Waals surface area contributed by atoms with Crippen LogP contribution in [0.15, 0.2) is 66.7 Å². The molecular formula is C26H26F2.